The number of carbonyl (C=O) groups excluding carboxylic acids is 1. The summed E-state index contributed by atoms with van der Waals surface area (Å²) in [4.78, 5) is 12.6. The van der Waals surface area contributed by atoms with Crippen LogP contribution in [-0.4, -0.2) is 5.78 Å². The molecule has 0 heterocycles. The smallest absolute Gasteiger partial charge is 0.189 e. The molecule has 92 valence electrons. The molecule has 0 bridgehead atoms. The summed E-state index contributed by atoms with van der Waals surface area (Å²) in [6.07, 6.45) is 4.08. The van der Waals surface area contributed by atoms with Crippen molar-refractivity contribution in [3.05, 3.63) is 76.4 Å². The molecule has 2 aliphatic rings. The Morgan fingerprint density at radius 3 is 2.42 bits per heavy atom. The fourth-order valence-corrected chi connectivity index (χ4v) is 3.30. The van der Waals surface area contributed by atoms with Crippen molar-refractivity contribution in [2.75, 3.05) is 0 Å². The van der Waals surface area contributed by atoms with Crippen LogP contribution in [0.3, 0.4) is 0 Å². The summed E-state index contributed by atoms with van der Waals surface area (Å²) in [5.41, 5.74) is 5.67. The molecule has 0 amide bonds. The van der Waals surface area contributed by atoms with E-state index in [2.05, 4.69) is 30.3 Å². The normalized spacial score (nSPS) is 20.1. The van der Waals surface area contributed by atoms with Crippen LogP contribution in [0.1, 0.15) is 27.0 Å². The van der Waals surface area contributed by atoms with Crippen LogP contribution in [0.25, 0.3) is 6.08 Å². The SMILES string of the molecule is O=C1C2=Cc3ccccc3CC2Cc2ccccc21. The van der Waals surface area contributed by atoms with Gasteiger partial charge in [0, 0.05) is 11.1 Å². The first kappa shape index (κ1) is 10.7. The molecule has 0 aliphatic heterocycles. The van der Waals surface area contributed by atoms with Crippen LogP contribution in [-0.2, 0) is 12.8 Å². The lowest BCUT2D eigenvalue weighted by molar-refractivity contribution is 0.101. The van der Waals surface area contributed by atoms with Crippen molar-refractivity contribution in [3.63, 3.8) is 0 Å². The second kappa shape index (κ2) is 3.92. The molecule has 0 aromatic heterocycles. The lowest BCUT2D eigenvalue weighted by atomic mass is 9.72. The highest BCUT2D eigenvalue weighted by atomic mass is 16.1. The van der Waals surface area contributed by atoms with Crippen LogP contribution in [0.2, 0.25) is 0 Å². The lowest BCUT2D eigenvalue weighted by Crippen LogP contribution is -2.27. The summed E-state index contributed by atoms with van der Waals surface area (Å²) in [5, 5.41) is 0. The first-order valence-corrected chi connectivity index (χ1v) is 6.75. The molecule has 2 aromatic rings. The molecule has 0 saturated carbocycles. The van der Waals surface area contributed by atoms with E-state index in [0.717, 1.165) is 24.0 Å². The Morgan fingerprint density at radius 1 is 0.842 bits per heavy atom. The molecule has 1 unspecified atom stereocenters. The van der Waals surface area contributed by atoms with Crippen molar-refractivity contribution in [1.82, 2.24) is 0 Å². The molecule has 1 atom stereocenters. The molecule has 0 saturated heterocycles. The first-order chi connectivity index (χ1) is 9.33. The van der Waals surface area contributed by atoms with E-state index in [0.29, 0.717) is 5.92 Å². The third-order valence-corrected chi connectivity index (χ3v) is 4.26. The number of carbonyl (C=O) groups is 1. The maximum absolute atomic E-state index is 12.6. The van der Waals surface area contributed by atoms with E-state index in [4.69, 9.17) is 0 Å². The molecule has 2 aromatic carbocycles. The standard InChI is InChI=1S/C18H14O/c19-18-16-8-4-3-7-14(16)10-15-9-12-5-1-2-6-13(12)11-17(15)18/h1-8,11,15H,9-10H2. The van der Waals surface area contributed by atoms with E-state index in [1.807, 2.05) is 24.3 Å². The molecule has 0 radical (unpaired) electrons. The number of hydrogen-bond acceptors (Lipinski definition) is 1. The van der Waals surface area contributed by atoms with Gasteiger partial charge in [-0.05, 0) is 41.5 Å². The summed E-state index contributed by atoms with van der Waals surface area (Å²) in [6, 6.07) is 16.4. The molecule has 1 nitrogen and oxygen atoms in total. The second-order valence-electron chi connectivity index (χ2n) is 5.39. The van der Waals surface area contributed by atoms with E-state index in [1.165, 1.54) is 16.7 Å². The van der Waals surface area contributed by atoms with Crippen LogP contribution in [0.4, 0.5) is 0 Å². The van der Waals surface area contributed by atoms with Crippen molar-refractivity contribution >= 4 is 11.9 Å². The summed E-state index contributed by atoms with van der Waals surface area (Å²) in [6.45, 7) is 0. The summed E-state index contributed by atoms with van der Waals surface area (Å²) in [7, 11) is 0. The Morgan fingerprint density at radius 2 is 1.53 bits per heavy atom. The zero-order valence-electron chi connectivity index (χ0n) is 10.6. The maximum atomic E-state index is 12.6. The van der Waals surface area contributed by atoms with Crippen molar-refractivity contribution in [1.29, 1.82) is 0 Å². The minimum absolute atomic E-state index is 0.223. The van der Waals surface area contributed by atoms with Gasteiger partial charge in [0.25, 0.3) is 0 Å². The molecular weight excluding hydrogens is 232 g/mol. The molecule has 4 rings (SSSR count). The number of Topliss-reactive ketones (excluding diaryl/α,β-unsaturated/α-hetero) is 1. The van der Waals surface area contributed by atoms with Gasteiger partial charge in [-0.15, -0.1) is 0 Å². The third-order valence-electron chi connectivity index (χ3n) is 4.26. The Bertz CT molecular complexity index is 709. The zero-order valence-corrected chi connectivity index (χ0v) is 10.6. The summed E-state index contributed by atoms with van der Waals surface area (Å²) >= 11 is 0. The van der Waals surface area contributed by atoms with Crippen LogP contribution in [0, 0.1) is 5.92 Å². The quantitative estimate of drug-likeness (QED) is 0.693. The average Bonchev–Trinajstić information content (AvgIpc) is 2.46. The lowest BCUT2D eigenvalue weighted by Gasteiger charge is -2.30. The van der Waals surface area contributed by atoms with E-state index in [-0.39, 0.29) is 5.78 Å². The number of ketones is 1. The van der Waals surface area contributed by atoms with Gasteiger partial charge < -0.3 is 0 Å². The second-order valence-corrected chi connectivity index (χ2v) is 5.39. The molecule has 0 spiro atoms. The van der Waals surface area contributed by atoms with Crippen LogP contribution in [0.15, 0.2) is 54.1 Å². The Kier molecular flexibility index (Phi) is 2.22. The van der Waals surface area contributed by atoms with E-state index in [1.54, 1.807) is 0 Å². The maximum Gasteiger partial charge on any atom is 0.189 e. The van der Waals surface area contributed by atoms with Crippen molar-refractivity contribution in [2.45, 2.75) is 12.8 Å². The van der Waals surface area contributed by atoms with Gasteiger partial charge in [-0.2, -0.15) is 0 Å². The predicted octanol–water partition coefficient (Wildman–Crippen LogP) is 3.68. The number of fused-ring (bicyclic) bond motifs is 3. The number of hydrogen-bond donors (Lipinski definition) is 0. The van der Waals surface area contributed by atoms with Gasteiger partial charge in [-0.25, -0.2) is 0 Å². The van der Waals surface area contributed by atoms with Gasteiger partial charge in [0.05, 0.1) is 0 Å². The zero-order chi connectivity index (χ0) is 12.8. The monoisotopic (exact) mass is 246 g/mol. The Hall–Kier alpha value is -2.15. The molecular formula is C18H14O. The highest BCUT2D eigenvalue weighted by molar-refractivity contribution is 6.14. The Balaban J connectivity index is 1.88. The summed E-state index contributed by atoms with van der Waals surface area (Å²) < 4.78 is 0. The van der Waals surface area contributed by atoms with Crippen molar-refractivity contribution in [3.8, 4) is 0 Å². The van der Waals surface area contributed by atoms with Crippen molar-refractivity contribution in [2.24, 2.45) is 5.92 Å². The fourth-order valence-electron chi connectivity index (χ4n) is 3.30. The summed E-state index contributed by atoms with van der Waals surface area (Å²) in [5.74, 6) is 0.582. The van der Waals surface area contributed by atoms with Gasteiger partial charge in [0.2, 0.25) is 0 Å². The first-order valence-electron chi connectivity index (χ1n) is 6.75. The largest absolute Gasteiger partial charge is 0.289 e. The van der Waals surface area contributed by atoms with E-state index < -0.39 is 0 Å². The minimum Gasteiger partial charge on any atom is -0.289 e. The predicted molar refractivity (Wildman–Crippen MR) is 76.1 cm³/mol. The average molecular weight is 246 g/mol. The minimum atomic E-state index is 0.223. The van der Waals surface area contributed by atoms with Gasteiger partial charge >= 0.3 is 0 Å². The van der Waals surface area contributed by atoms with E-state index >= 15 is 0 Å². The van der Waals surface area contributed by atoms with Gasteiger partial charge in [-0.1, -0.05) is 48.5 Å². The molecule has 0 N–H and O–H groups in total. The molecule has 1 heteroatoms. The van der Waals surface area contributed by atoms with Crippen LogP contribution >= 0.6 is 0 Å². The highest BCUT2D eigenvalue weighted by Gasteiger charge is 2.32. The molecule has 2 aliphatic carbocycles. The molecule has 19 heavy (non-hydrogen) atoms. The van der Waals surface area contributed by atoms with Crippen LogP contribution < -0.4 is 0 Å². The topological polar surface area (TPSA) is 17.1 Å². The third kappa shape index (κ3) is 1.58. The number of allylic oxidation sites excluding steroid dienone is 1. The molecule has 0 fully saturated rings. The number of rotatable bonds is 0. The fraction of sp³-hybridized carbons (Fsp3) is 0.167. The van der Waals surface area contributed by atoms with Gasteiger partial charge in [0.1, 0.15) is 0 Å². The van der Waals surface area contributed by atoms with Crippen LogP contribution in [0.5, 0.6) is 0 Å². The van der Waals surface area contributed by atoms with Gasteiger partial charge in [0.15, 0.2) is 5.78 Å². The highest BCUT2D eigenvalue weighted by Crippen LogP contribution is 2.37. The van der Waals surface area contributed by atoms with Crippen molar-refractivity contribution < 1.29 is 4.79 Å². The number of benzene rings is 2. The van der Waals surface area contributed by atoms with Gasteiger partial charge in [-0.3, -0.25) is 4.79 Å². The van der Waals surface area contributed by atoms with E-state index in [9.17, 15) is 4.79 Å². The Labute approximate surface area is 112 Å².